The Hall–Kier alpha value is -0.860. The highest BCUT2D eigenvalue weighted by Crippen LogP contribution is 2.21. The first-order valence-corrected chi connectivity index (χ1v) is 10.3. The average Bonchev–Trinajstić information content (AvgIpc) is 2.54. The van der Waals surface area contributed by atoms with Crippen LogP contribution in [-0.4, -0.2) is 17.7 Å². The minimum Gasteiger partial charge on any atom is -0.347 e. The molecule has 0 fully saturated rings. The minimum absolute atomic E-state index is 0.114. The molecule has 0 aliphatic heterocycles. The largest absolute Gasteiger partial charge is 0.347 e. The van der Waals surface area contributed by atoms with Crippen LogP contribution in [0.25, 0.3) is 0 Å². The molecule has 24 heavy (non-hydrogen) atoms. The molecule has 2 atom stereocenters. The Balaban J connectivity index is 4.26. The van der Waals surface area contributed by atoms with Crippen LogP contribution in [0.15, 0.2) is 0 Å². The van der Waals surface area contributed by atoms with Crippen molar-refractivity contribution in [2.24, 2.45) is 5.92 Å². The van der Waals surface area contributed by atoms with Crippen molar-refractivity contribution in [3.05, 3.63) is 0 Å². The van der Waals surface area contributed by atoms with Gasteiger partial charge in [-0.15, -0.1) is 0 Å². The van der Waals surface area contributed by atoms with Gasteiger partial charge in [0, 0.05) is 12.8 Å². The van der Waals surface area contributed by atoms with E-state index in [4.69, 9.17) is 0 Å². The van der Waals surface area contributed by atoms with E-state index < -0.39 is 0 Å². The van der Waals surface area contributed by atoms with Gasteiger partial charge in [-0.1, -0.05) is 84.5 Å². The Kier molecular flexibility index (Phi) is 15.1. The first-order chi connectivity index (χ1) is 11.5. The first kappa shape index (κ1) is 23.1. The van der Waals surface area contributed by atoms with Gasteiger partial charge in [-0.05, 0) is 19.8 Å². The lowest BCUT2D eigenvalue weighted by Crippen LogP contribution is -2.40. The molecule has 0 bridgehead atoms. The molecule has 0 saturated carbocycles. The third-order valence-corrected chi connectivity index (χ3v) is 4.81. The van der Waals surface area contributed by atoms with E-state index in [9.17, 15) is 9.59 Å². The second kappa shape index (κ2) is 15.7. The molecule has 1 amide bonds. The molecule has 1 N–H and O–H groups in total. The van der Waals surface area contributed by atoms with E-state index in [1.54, 1.807) is 0 Å². The smallest absolute Gasteiger partial charge is 0.217 e. The zero-order valence-electron chi connectivity index (χ0n) is 16.7. The number of carbonyl (C=O) groups is 2. The Morgan fingerprint density at radius 2 is 1.17 bits per heavy atom. The fourth-order valence-electron chi connectivity index (χ4n) is 3.32. The van der Waals surface area contributed by atoms with Gasteiger partial charge in [0.2, 0.25) is 5.91 Å². The number of hydrogen-bond donors (Lipinski definition) is 1. The van der Waals surface area contributed by atoms with Gasteiger partial charge in [-0.2, -0.15) is 0 Å². The molecule has 0 aromatic heterocycles. The third kappa shape index (κ3) is 12.5. The highest BCUT2D eigenvalue weighted by atomic mass is 16.2. The lowest BCUT2D eigenvalue weighted by molar-refractivity contribution is -0.129. The zero-order chi connectivity index (χ0) is 18.2. The molecule has 3 heteroatoms. The van der Waals surface area contributed by atoms with Gasteiger partial charge in [0.15, 0.2) is 5.78 Å². The number of amides is 1. The minimum atomic E-state index is -0.344. The van der Waals surface area contributed by atoms with Gasteiger partial charge >= 0.3 is 0 Å². The maximum absolute atomic E-state index is 12.7. The van der Waals surface area contributed by atoms with Crippen molar-refractivity contribution in [3.63, 3.8) is 0 Å². The van der Waals surface area contributed by atoms with Crippen LogP contribution in [0.5, 0.6) is 0 Å². The van der Waals surface area contributed by atoms with Crippen LogP contribution < -0.4 is 5.32 Å². The third-order valence-electron chi connectivity index (χ3n) is 4.81. The number of ketones is 1. The number of rotatable bonds is 16. The number of unbranched alkanes of at least 4 members (excludes halogenated alkanes) is 9. The van der Waals surface area contributed by atoms with Crippen molar-refractivity contribution in [2.45, 2.75) is 117 Å². The topological polar surface area (TPSA) is 46.2 Å². The molecule has 0 aromatic rings. The number of Topliss-reactive ketones (excluding diaryl/α,β-unsaturated/α-hetero) is 1. The molecule has 0 aliphatic carbocycles. The van der Waals surface area contributed by atoms with Crippen molar-refractivity contribution in [3.8, 4) is 0 Å². The predicted molar refractivity (Wildman–Crippen MR) is 103 cm³/mol. The van der Waals surface area contributed by atoms with Crippen LogP contribution in [-0.2, 0) is 9.59 Å². The predicted octanol–water partition coefficient (Wildman–Crippen LogP) is 5.81. The Morgan fingerprint density at radius 1 is 0.750 bits per heavy atom. The fourth-order valence-corrected chi connectivity index (χ4v) is 3.32. The number of nitrogens with one attached hydrogen (secondary N) is 1. The standard InChI is InChI=1S/C21H41NO2/c1-5-7-9-11-13-15-17-20(16-14-12-10-8-6-2)21(24)18(3)22-19(4)23/h18,20H,5-17H2,1-4H3,(H,22,23)/t18-,20?/m0/s1. The highest BCUT2D eigenvalue weighted by Gasteiger charge is 2.23. The Morgan fingerprint density at radius 3 is 1.58 bits per heavy atom. The lowest BCUT2D eigenvalue weighted by Gasteiger charge is -2.20. The first-order valence-electron chi connectivity index (χ1n) is 10.3. The summed E-state index contributed by atoms with van der Waals surface area (Å²) in [6, 6.07) is -0.344. The molecule has 1 unspecified atom stereocenters. The molecule has 0 rings (SSSR count). The summed E-state index contributed by atoms with van der Waals surface area (Å²) in [5.74, 6) is 0.242. The van der Waals surface area contributed by atoms with Crippen molar-refractivity contribution in [1.82, 2.24) is 5.32 Å². The van der Waals surface area contributed by atoms with E-state index in [2.05, 4.69) is 19.2 Å². The summed E-state index contributed by atoms with van der Waals surface area (Å²) in [5, 5.41) is 2.76. The van der Waals surface area contributed by atoms with E-state index in [0.29, 0.717) is 0 Å². The summed E-state index contributed by atoms with van der Waals surface area (Å²) < 4.78 is 0. The van der Waals surface area contributed by atoms with E-state index in [0.717, 1.165) is 25.7 Å². The molecule has 0 aliphatic rings. The lowest BCUT2D eigenvalue weighted by atomic mass is 9.88. The number of carbonyl (C=O) groups excluding carboxylic acids is 2. The number of hydrogen-bond acceptors (Lipinski definition) is 2. The van der Waals surface area contributed by atoms with E-state index in [1.807, 2.05) is 6.92 Å². The Labute approximate surface area is 150 Å². The summed E-state index contributed by atoms with van der Waals surface area (Å²) in [7, 11) is 0. The van der Waals surface area contributed by atoms with Gasteiger partial charge in [-0.25, -0.2) is 0 Å². The van der Waals surface area contributed by atoms with Crippen molar-refractivity contribution < 1.29 is 9.59 Å². The van der Waals surface area contributed by atoms with E-state index in [-0.39, 0.29) is 23.7 Å². The molecule has 0 aromatic carbocycles. The van der Waals surface area contributed by atoms with Gasteiger partial charge in [0.05, 0.1) is 6.04 Å². The second-order valence-electron chi connectivity index (χ2n) is 7.28. The summed E-state index contributed by atoms with van der Waals surface area (Å²) >= 11 is 0. The van der Waals surface area contributed by atoms with Crippen LogP contribution in [0.3, 0.4) is 0 Å². The Bertz CT molecular complexity index is 328. The molecule has 3 nitrogen and oxygen atoms in total. The normalized spacial score (nSPS) is 13.5. The maximum Gasteiger partial charge on any atom is 0.217 e. The fraction of sp³-hybridized carbons (Fsp3) is 0.905. The molecule has 0 saturated heterocycles. The van der Waals surface area contributed by atoms with Crippen LogP contribution in [0.1, 0.15) is 111 Å². The molecular formula is C21H41NO2. The van der Waals surface area contributed by atoms with Gasteiger partial charge in [0.1, 0.15) is 0 Å². The van der Waals surface area contributed by atoms with E-state index in [1.165, 1.54) is 64.7 Å². The second-order valence-corrected chi connectivity index (χ2v) is 7.28. The van der Waals surface area contributed by atoms with Gasteiger partial charge in [0.25, 0.3) is 0 Å². The summed E-state index contributed by atoms with van der Waals surface area (Å²) in [6.45, 7) is 7.77. The summed E-state index contributed by atoms with van der Waals surface area (Å²) in [5.41, 5.74) is 0. The van der Waals surface area contributed by atoms with Crippen molar-refractivity contribution in [2.75, 3.05) is 0 Å². The molecule has 0 radical (unpaired) electrons. The van der Waals surface area contributed by atoms with Crippen LogP contribution in [0.4, 0.5) is 0 Å². The maximum atomic E-state index is 12.7. The quantitative estimate of drug-likeness (QED) is 0.361. The summed E-state index contributed by atoms with van der Waals surface area (Å²) in [4.78, 5) is 23.9. The monoisotopic (exact) mass is 339 g/mol. The van der Waals surface area contributed by atoms with Gasteiger partial charge < -0.3 is 5.32 Å². The van der Waals surface area contributed by atoms with Crippen LogP contribution >= 0.6 is 0 Å². The van der Waals surface area contributed by atoms with Crippen molar-refractivity contribution >= 4 is 11.7 Å². The molecular weight excluding hydrogens is 298 g/mol. The zero-order valence-corrected chi connectivity index (χ0v) is 16.7. The van der Waals surface area contributed by atoms with Crippen molar-refractivity contribution in [1.29, 1.82) is 0 Å². The molecule has 0 spiro atoms. The molecule has 142 valence electrons. The average molecular weight is 340 g/mol. The van der Waals surface area contributed by atoms with Crippen LogP contribution in [0, 0.1) is 5.92 Å². The highest BCUT2D eigenvalue weighted by molar-refractivity contribution is 5.89. The molecule has 0 heterocycles. The van der Waals surface area contributed by atoms with Gasteiger partial charge in [-0.3, -0.25) is 9.59 Å². The SMILES string of the molecule is CCCCCCCCC(CCCCCCC)C(=O)[C@H](C)NC(C)=O. The van der Waals surface area contributed by atoms with Crippen LogP contribution in [0.2, 0.25) is 0 Å². The summed E-state index contributed by atoms with van der Waals surface area (Å²) in [6.07, 6.45) is 15.7. The van der Waals surface area contributed by atoms with E-state index >= 15 is 0 Å².